The molecule has 4 rings (SSSR count). The Morgan fingerprint density at radius 1 is 0.455 bits per heavy atom. The van der Waals surface area contributed by atoms with Crippen molar-refractivity contribution in [2.45, 2.75) is 50.8 Å². The minimum Gasteiger partial charge on any atom is -0.497 e. The van der Waals surface area contributed by atoms with Gasteiger partial charge in [-0.25, -0.2) is 0 Å². The van der Waals surface area contributed by atoms with Crippen LogP contribution in [0.15, 0.2) is 109 Å². The van der Waals surface area contributed by atoms with E-state index in [9.17, 15) is 10.2 Å². The average molecular weight is 603 g/mol. The molecule has 8 nitrogen and oxygen atoms in total. The first-order valence-electron chi connectivity index (χ1n) is 14.6. The summed E-state index contributed by atoms with van der Waals surface area (Å²) in [6.07, 6.45) is -4.11. The molecule has 8 heteroatoms. The van der Waals surface area contributed by atoms with Crippen LogP contribution >= 0.6 is 0 Å². The molecule has 4 atom stereocenters. The fraction of sp³-hybridized carbons (Fsp3) is 0.333. The van der Waals surface area contributed by atoms with Gasteiger partial charge in [0.25, 0.3) is 0 Å². The second-order valence-corrected chi connectivity index (χ2v) is 10.4. The molecule has 0 amide bonds. The van der Waals surface area contributed by atoms with Crippen molar-refractivity contribution in [2.24, 2.45) is 0 Å². The van der Waals surface area contributed by atoms with E-state index in [-0.39, 0.29) is 26.4 Å². The van der Waals surface area contributed by atoms with Gasteiger partial charge in [0, 0.05) is 0 Å². The van der Waals surface area contributed by atoms with Crippen LogP contribution in [0, 0.1) is 0 Å². The van der Waals surface area contributed by atoms with Crippen molar-refractivity contribution >= 4 is 0 Å². The third-order valence-corrected chi connectivity index (χ3v) is 7.09. The Kier molecular flexibility index (Phi) is 13.7. The van der Waals surface area contributed by atoms with Crippen molar-refractivity contribution in [3.8, 4) is 11.5 Å². The van der Waals surface area contributed by atoms with Crippen LogP contribution in [0.4, 0.5) is 0 Å². The van der Waals surface area contributed by atoms with Crippen molar-refractivity contribution < 1.29 is 38.6 Å². The third-order valence-electron chi connectivity index (χ3n) is 7.09. The first-order chi connectivity index (χ1) is 21.6. The first-order valence-corrected chi connectivity index (χ1v) is 14.6. The number of hydrogen-bond donors (Lipinski definition) is 2. The predicted octanol–water partition coefficient (Wildman–Crippen LogP) is 5.33. The van der Waals surface area contributed by atoms with Gasteiger partial charge in [0.15, 0.2) is 0 Å². The third kappa shape index (κ3) is 10.7. The molecule has 0 saturated heterocycles. The van der Waals surface area contributed by atoms with Crippen molar-refractivity contribution in [3.63, 3.8) is 0 Å². The van der Waals surface area contributed by atoms with E-state index in [2.05, 4.69) is 0 Å². The van der Waals surface area contributed by atoms with Gasteiger partial charge >= 0.3 is 0 Å². The molecule has 0 aliphatic rings. The van der Waals surface area contributed by atoms with Crippen LogP contribution in [0.3, 0.4) is 0 Å². The van der Waals surface area contributed by atoms with Crippen molar-refractivity contribution in [1.82, 2.24) is 0 Å². The Morgan fingerprint density at radius 2 is 0.795 bits per heavy atom. The summed E-state index contributed by atoms with van der Waals surface area (Å²) in [5.74, 6) is 1.46. The summed E-state index contributed by atoms with van der Waals surface area (Å²) in [5, 5.41) is 22.8. The van der Waals surface area contributed by atoms with Crippen LogP contribution in [-0.2, 0) is 45.4 Å². The normalized spacial score (nSPS) is 14.0. The summed E-state index contributed by atoms with van der Waals surface area (Å²) in [7, 11) is 3.22. The molecule has 0 aliphatic carbocycles. The topological polar surface area (TPSA) is 95.8 Å². The molecule has 0 radical (unpaired) electrons. The van der Waals surface area contributed by atoms with Gasteiger partial charge in [0.05, 0.1) is 53.9 Å². The average Bonchev–Trinajstić information content (AvgIpc) is 3.07. The van der Waals surface area contributed by atoms with E-state index in [4.69, 9.17) is 28.4 Å². The quantitative estimate of drug-likeness (QED) is 0.149. The molecule has 0 aliphatic heterocycles. The highest BCUT2D eigenvalue weighted by Crippen LogP contribution is 2.21. The Labute approximate surface area is 259 Å². The van der Waals surface area contributed by atoms with Crippen LogP contribution < -0.4 is 9.47 Å². The lowest BCUT2D eigenvalue weighted by Gasteiger charge is -2.34. The van der Waals surface area contributed by atoms with Gasteiger partial charge in [0.2, 0.25) is 0 Å². The second kappa shape index (κ2) is 18.1. The zero-order chi connectivity index (χ0) is 31.0. The van der Waals surface area contributed by atoms with E-state index >= 15 is 0 Å². The van der Waals surface area contributed by atoms with Gasteiger partial charge in [-0.2, -0.15) is 0 Å². The molecule has 0 heterocycles. The molecule has 2 N–H and O–H groups in total. The Hall–Kier alpha value is -3.76. The molecular formula is C36H42O8. The number of benzene rings is 4. The van der Waals surface area contributed by atoms with E-state index in [1.165, 1.54) is 0 Å². The van der Waals surface area contributed by atoms with Crippen molar-refractivity contribution in [3.05, 3.63) is 131 Å². The fourth-order valence-corrected chi connectivity index (χ4v) is 4.61. The monoisotopic (exact) mass is 602 g/mol. The Morgan fingerprint density at radius 3 is 1.14 bits per heavy atom. The molecule has 4 aromatic rings. The molecule has 4 aromatic carbocycles. The summed E-state index contributed by atoms with van der Waals surface area (Å²) < 4.78 is 34.9. The number of hydrogen-bond acceptors (Lipinski definition) is 8. The van der Waals surface area contributed by atoms with E-state index in [1.54, 1.807) is 14.2 Å². The second-order valence-electron chi connectivity index (χ2n) is 10.4. The van der Waals surface area contributed by atoms with Crippen LogP contribution in [0.2, 0.25) is 0 Å². The van der Waals surface area contributed by atoms with Crippen molar-refractivity contribution in [1.29, 1.82) is 0 Å². The number of rotatable bonds is 19. The van der Waals surface area contributed by atoms with Gasteiger partial charge < -0.3 is 38.6 Å². The minimum atomic E-state index is -1.11. The van der Waals surface area contributed by atoms with Crippen molar-refractivity contribution in [2.75, 3.05) is 27.4 Å². The maximum absolute atomic E-state index is 11.4. The molecule has 0 spiro atoms. The summed E-state index contributed by atoms with van der Waals surface area (Å²) in [6, 6.07) is 34.4. The standard InChI is InChI=1S/C36H42O8/c1-39-31-17-13-29(14-18-31)23-43-35(33(37)25-41-21-27-9-5-3-6-10-27)36(44-24-30-15-19-32(40-2)20-16-30)34(38)26-42-22-28-11-7-4-8-12-28/h3-20,33-38H,21-26H2,1-2H3/t33-,34-,35-,36-/m1/s1. The SMILES string of the molecule is COc1ccc(CO[C@@H]([C@H](OCc2ccc(OC)cc2)[C@H](O)COCc2ccccc2)[C@H](O)COCc2ccccc2)cc1. The highest BCUT2D eigenvalue weighted by molar-refractivity contribution is 5.27. The summed E-state index contributed by atoms with van der Waals surface area (Å²) in [5.41, 5.74) is 3.71. The van der Waals surface area contributed by atoms with E-state index in [1.807, 2.05) is 109 Å². The molecule has 0 saturated carbocycles. The largest absolute Gasteiger partial charge is 0.497 e. The molecular weight excluding hydrogens is 560 g/mol. The summed E-state index contributed by atoms with van der Waals surface area (Å²) in [4.78, 5) is 0. The van der Waals surface area contributed by atoms with Gasteiger partial charge in [-0.05, 0) is 46.5 Å². The van der Waals surface area contributed by atoms with Gasteiger partial charge in [-0.1, -0.05) is 84.9 Å². The molecule has 0 fully saturated rings. The molecule has 0 bridgehead atoms. The fourth-order valence-electron chi connectivity index (χ4n) is 4.61. The van der Waals surface area contributed by atoms with E-state index < -0.39 is 24.4 Å². The summed E-state index contributed by atoms with van der Waals surface area (Å²) >= 11 is 0. The highest BCUT2D eigenvalue weighted by atomic mass is 16.6. The van der Waals surface area contributed by atoms with E-state index in [0.717, 1.165) is 33.8 Å². The van der Waals surface area contributed by atoms with E-state index in [0.29, 0.717) is 13.2 Å². The smallest absolute Gasteiger partial charge is 0.118 e. The lowest BCUT2D eigenvalue weighted by molar-refractivity contribution is -0.184. The van der Waals surface area contributed by atoms with Crippen LogP contribution in [0.5, 0.6) is 11.5 Å². The number of ether oxygens (including phenoxy) is 6. The Balaban J connectivity index is 1.50. The molecule has 0 unspecified atom stereocenters. The van der Waals surface area contributed by atoms with Gasteiger partial charge in [-0.3, -0.25) is 0 Å². The number of aliphatic hydroxyl groups excluding tert-OH is 2. The lowest BCUT2D eigenvalue weighted by Crippen LogP contribution is -2.50. The highest BCUT2D eigenvalue weighted by Gasteiger charge is 2.36. The first kappa shape index (κ1) is 33.1. The maximum atomic E-state index is 11.4. The maximum Gasteiger partial charge on any atom is 0.118 e. The van der Waals surface area contributed by atoms with Gasteiger partial charge in [-0.15, -0.1) is 0 Å². The zero-order valence-electron chi connectivity index (χ0n) is 25.3. The Bertz CT molecular complexity index is 1210. The summed E-state index contributed by atoms with van der Waals surface area (Å²) in [6.45, 7) is 0.936. The lowest BCUT2D eigenvalue weighted by atomic mass is 10.0. The van der Waals surface area contributed by atoms with Crippen LogP contribution in [-0.4, -0.2) is 62.1 Å². The molecule has 44 heavy (non-hydrogen) atoms. The predicted molar refractivity (Wildman–Crippen MR) is 167 cm³/mol. The number of methoxy groups -OCH3 is 2. The van der Waals surface area contributed by atoms with Gasteiger partial charge in [0.1, 0.15) is 35.9 Å². The minimum absolute atomic E-state index is 0.0256. The van der Waals surface area contributed by atoms with Crippen LogP contribution in [0.1, 0.15) is 22.3 Å². The number of aliphatic hydroxyl groups is 2. The molecule has 234 valence electrons. The zero-order valence-corrected chi connectivity index (χ0v) is 25.3. The van der Waals surface area contributed by atoms with Crippen LogP contribution in [0.25, 0.3) is 0 Å². The molecule has 0 aromatic heterocycles.